The number of nitrogens with two attached hydrogens (primary N) is 3. The van der Waals surface area contributed by atoms with Gasteiger partial charge in [-0.2, -0.15) is 0 Å². The monoisotopic (exact) mass is 698 g/mol. The molecule has 2 aliphatic rings. The van der Waals surface area contributed by atoms with Crippen molar-refractivity contribution in [2.24, 2.45) is 15.7 Å². The summed E-state index contributed by atoms with van der Waals surface area (Å²) in [5, 5.41) is 3.97. The van der Waals surface area contributed by atoms with Gasteiger partial charge >= 0.3 is 6.09 Å². The number of thioether (sulfide) groups is 2. The molecule has 0 aliphatic carbocycles. The van der Waals surface area contributed by atoms with E-state index < -0.39 is 17.2 Å². The first-order valence-electron chi connectivity index (χ1n) is 12.4. The van der Waals surface area contributed by atoms with E-state index in [-0.39, 0.29) is 5.54 Å². The highest BCUT2D eigenvalue weighted by molar-refractivity contribution is 9.10. The Morgan fingerprint density at radius 1 is 0.872 bits per heavy atom. The molecule has 12 heteroatoms. The molecule has 7 N–H and O–H groups in total. The quantitative estimate of drug-likeness (QED) is 0.248. The molecule has 2 atom stereocenters. The van der Waals surface area contributed by atoms with E-state index in [4.69, 9.17) is 26.9 Å². The highest BCUT2D eigenvalue weighted by atomic mass is 79.9. The van der Waals surface area contributed by atoms with E-state index in [1.54, 1.807) is 11.8 Å². The largest absolute Gasteiger partial charge is 0.444 e. The Labute approximate surface area is 256 Å². The molecule has 0 saturated heterocycles. The lowest BCUT2D eigenvalue weighted by Gasteiger charge is -2.31. The molecule has 0 bridgehead atoms. The number of rotatable bonds is 2. The summed E-state index contributed by atoms with van der Waals surface area (Å²) < 4.78 is 7.18. The van der Waals surface area contributed by atoms with E-state index in [1.807, 2.05) is 58.0 Å². The third-order valence-corrected chi connectivity index (χ3v) is 8.65. The number of nitrogen functional groups attached to an aromatic ring is 2. The number of anilines is 2. The zero-order valence-electron chi connectivity index (χ0n) is 22.8. The molecule has 2 aromatic rings. The highest BCUT2D eigenvalue weighted by Crippen LogP contribution is 2.38. The van der Waals surface area contributed by atoms with Crippen LogP contribution in [0.4, 0.5) is 16.2 Å². The van der Waals surface area contributed by atoms with Crippen LogP contribution in [0.5, 0.6) is 0 Å². The number of alkyl carbamates (subject to hydrolysis) is 1. The van der Waals surface area contributed by atoms with Crippen LogP contribution in [0, 0.1) is 0 Å². The molecule has 8 nitrogen and oxygen atoms in total. The number of amidine groups is 2. The second-order valence-corrected chi connectivity index (χ2v) is 14.8. The number of aliphatic imine (C=N–C) groups is 2. The third kappa shape index (κ3) is 9.33. The molecular formula is C27H36Br2N6O2S2. The van der Waals surface area contributed by atoms with Gasteiger partial charge in [0.15, 0.2) is 10.3 Å². The Balaban J connectivity index is 0.000000230. The van der Waals surface area contributed by atoms with Crippen molar-refractivity contribution in [3.63, 3.8) is 0 Å². The number of halogens is 2. The van der Waals surface area contributed by atoms with E-state index in [1.165, 1.54) is 11.8 Å². The van der Waals surface area contributed by atoms with Gasteiger partial charge < -0.3 is 21.9 Å². The minimum absolute atomic E-state index is 0.243. The molecule has 0 radical (unpaired) electrons. The van der Waals surface area contributed by atoms with Crippen LogP contribution in [-0.4, -0.2) is 33.5 Å². The van der Waals surface area contributed by atoms with Crippen LogP contribution in [-0.2, 0) is 15.8 Å². The topological polar surface area (TPSA) is 141 Å². The lowest BCUT2D eigenvalue weighted by Crippen LogP contribution is -2.38. The SMILES string of the molecule is CC(C)(C)OC(=O)NC1=NC(C)(c2cc(N)cc(Br)c2)CCS1.CC1(c2cc(N)cc(Br)c2)CCSC(N)=N1. The van der Waals surface area contributed by atoms with Crippen LogP contribution in [0.15, 0.2) is 55.3 Å². The summed E-state index contributed by atoms with van der Waals surface area (Å²) in [6.07, 6.45) is 1.36. The smallest absolute Gasteiger partial charge is 0.413 e. The standard InChI is InChI=1S/C16H22BrN3O2S.C11H14BrN3S/c1-15(2,3)22-14(21)19-13-20-16(4,5-6-23-13)10-7-11(17)9-12(18)8-10;1-11(2-3-16-10(14)15-11)7-4-8(12)6-9(13)5-7/h7-9H,5-6,18H2,1-4H3,(H,19,20,21);4-6H,2-3,13H2,1H3,(H2,14,15). The summed E-state index contributed by atoms with van der Waals surface area (Å²) in [5.41, 5.74) is 19.9. The van der Waals surface area contributed by atoms with Crippen LogP contribution in [0.3, 0.4) is 0 Å². The molecule has 2 unspecified atom stereocenters. The fourth-order valence-electron chi connectivity index (χ4n) is 4.06. The number of ether oxygens (including phenoxy) is 1. The first kappa shape index (κ1) is 31.6. The number of carbonyl (C=O) groups is 1. The van der Waals surface area contributed by atoms with Gasteiger partial charge in [0.25, 0.3) is 0 Å². The summed E-state index contributed by atoms with van der Waals surface area (Å²) >= 11 is 10.0. The number of amides is 1. The Bertz CT molecular complexity index is 1240. The Morgan fingerprint density at radius 2 is 1.36 bits per heavy atom. The van der Waals surface area contributed by atoms with Gasteiger partial charge in [-0.1, -0.05) is 55.4 Å². The Kier molecular flexibility index (Phi) is 10.3. The van der Waals surface area contributed by atoms with Gasteiger partial charge in [-0.25, -0.2) is 4.79 Å². The van der Waals surface area contributed by atoms with Gasteiger partial charge in [-0.3, -0.25) is 15.3 Å². The average Bonchev–Trinajstić information content (AvgIpc) is 2.77. The number of carbonyl (C=O) groups excluding carboxylic acids is 1. The van der Waals surface area contributed by atoms with E-state index in [2.05, 4.69) is 55.2 Å². The lowest BCUT2D eigenvalue weighted by atomic mass is 9.89. The predicted octanol–water partition coefficient (Wildman–Crippen LogP) is 6.96. The van der Waals surface area contributed by atoms with Gasteiger partial charge in [-0.15, -0.1) is 0 Å². The molecule has 2 aromatic carbocycles. The molecule has 39 heavy (non-hydrogen) atoms. The van der Waals surface area contributed by atoms with Crippen molar-refractivity contribution in [2.75, 3.05) is 23.0 Å². The zero-order valence-corrected chi connectivity index (χ0v) is 27.6. The number of nitrogens with one attached hydrogen (secondary N) is 1. The minimum Gasteiger partial charge on any atom is -0.444 e. The van der Waals surface area contributed by atoms with Crippen LogP contribution >= 0.6 is 55.4 Å². The minimum atomic E-state index is -0.536. The van der Waals surface area contributed by atoms with Crippen LogP contribution < -0.4 is 22.5 Å². The van der Waals surface area contributed by atoms with Crippen molar-refractivity contribution in [3.8, 4) is 0 Å². The Morgan fingerprint density at radius 3 is 1.82 bits per heavy atom. The molecule has 0 aromatic heterocycles. The fourth-order valence-corrected chi connectivity index (χ4v) is 7.17. The molecule has 212 valence electrons. The van der Waals surface area contributed by atoms with Crippen molar-refractivity contribution in [1.82, 2.24) is 5.32 Å². The number of nitrogens with zero attached hydrogens (tertiary/aromatic N) is 2. The molecule has 4 rings (SSSR count). The fraction of sp³-hybridized carbons (Fsp3) is 0.444. The van der Waals surface area contributed by atoms with E-state index >= 15 is 0 Å². The van der Waals surface area contributed by atoms with Crippen molar-refractivity contribution in [2.45, 2.75) is 64.1 Å². The summed E-state index contributed by atoms with van der Waals surface area (Å²) in [6, 6.07) is 11.7. The molecule has 1 amide bonds. The van der Waals surface area contributed by atoms with Crippen molar-refractivity contribution in [3.05, 3.63) is 56.5 Å². The van der Waals surface area contributed by atoms with E-state index in [9.17, 15) is 4.79 Å². The molecule has 0 spiro atoms. The average molecular weight is 701 g/mol. The molecule has 0 fully saturated rings. The van der Waals surface area contributed by atoms with Gasteiger partial charge in [0.05, 0.1) is 11.1 Å². The first-order valence-corrected chi connectivity index (χ1v) is 16.0. The van der Waals surface area contributed by atoms with Gasteiger partial charge in [0.2, 0.25) is 0 Å². The predicted molar refractivity (Wildman–Crippen MR) is 174 cm³/mol. The molecule has 0 saturated carbocycles. The zero-order chi connectivity index (χ0) is 29.0. The van der Waals surface area contributed by atoms with Crippen LogP contribution in [0.25, 0.3) is 0 Å². The third-order valence-electron chi connectivity index (χ3n) is 6.06. The molecule has 2 heterocycles. The maximum Gasteiger partial charge on any atom is 0.413 e. The van der Waals surface area contributed by atoms with Crippen molar-refractivity contribution >= 4 is 83.2 Å². The second kappa shape index (κ2) is 12.7. The Hall–Kier alpha value is -1.89. The number of benzene rings is 2. The maximum absolute atomic E-state index is 11.9. The molecule has 2 aliphatic heterocycles. The lowest BCUT2D eigenvalue weighted by molar-refractivity contribution is 0.0564. The van der Waals surface area contributed by atoms with E-state index in [0.717, 1.165) is 50.1 Å². The normalized spacial score (nSPS) is 23.1. The number of hydrogen-bond donors (Lipinski definition) is 4. The van der Waals surface area contributed by atoms with Gasteiger partial charge in [0.1, 0.15) is 5.60 Å². The summed E-state index contributed by atoms with van der Waals surface area (Å²) in [4.78, 5) is 21.2. The van der Waals surface area contributed by atoms with E-state index in [0.29, 0.717) is 16.0 Å². The highest BCUT2D eigenvalue weighted by Gasteiger charge is 2.32. The summed E-state index contributed by atoms with van der Waals surface area (Å²) in [7, 11) is 0. The number of hydrogen-bond acceptors (Lipinski definition) is 9. The van der Waals surface area contributed by atoms with Crippen molar-refractivity contribution in [1.29, 1.82) is 0 Å². The maximum atomic E-state index is 11.9. The van der Waals surface area contributed by atoms with Crippen LogP contribution in [0.1, 0.15) is 58.6 Å². The van der Waals surface area contributed by atoms with Gasteiger partial charge in [-0.05, 0) is 95.0 Å². The van der Waals surface area contributed by atoms with Crippen molar-refractivity contribution < 1.29 is 9.53 Å². The van der Waals surface area contributed by atoms with Gasteiger partial charge in [0, 0.05) is 31.8 Å². The second-order valence-electron chi connectivity index (χ2n) is 10.8. The van der Waals surface area contributed by atoms with Crippen LogP contribution in [0.2, 0.25) is 0 Å². The summed E-state index contributed by atoms with van der Waals surface area (Å²) in [5.74, 6) is 1.86. The summed E-state index contributed by atoms with van der Waals surface area (Å²) in [6.45, 7) is 9.63. The first-order chi connectivity index (χ1) is 18.1. The molecular weight excluding hydrogens is 664 g/mol.